The van der Waals surface area contributed by atoms with E-state index in [2.05, 4.69) is 41.2 Å². The monoisotopic (exact) mass is 1070 g/mol. The standard InChI is InChI=1S/2C15H20N4O.4ClHO4.2Cu/c2*20-15(11-16-9-13-5-1-3-7-18-13)12-17-10-14-6-2-4-8-19-14;4*2-1(3,4)5;;/h2*1-8,15-17,20H,9-12H2;4*(H,2,3,4,5);;/q;;;;;;2*+2/p-4. The molecule has 0 aromatic carbocycles. The van der Waals surface area contributed by atoms with Gasteiger partial charge in [0.15, 0.2) is 0 Å². The van der Waals surface area contributed by atoms with Gasteiger partial charge in [-0.25, -0.2) is 74.5 Å². The van der Waals surface area contributed by atoms with Gasteiger partial charge in [-0.1, -0.05) is 24.3 Å². The Morgan fingerprint density at radius 2 is 0.516 bits per heavy atom. The smallest absolute Gasteiger partial charge is 0.390 e. The van der Waals surface area contributed by atoms with Crippen LogP contribution in [0.2, 0.25) is 0 Å². The second-order valence-corrected chi connectivity index (χ2v) is 13.7. The summed E-state index contributed by atoms with van der Waals surface area (Å²) in [5.41, 5.74) is 3.89. The molecule has 0 spiro atoms. The Hall–Kier alpha value is -2.08. The zero-order valence-electron chi connectivity index (χ0n) is 31.4. The summed E-state index contributed by atoms with van der Waals surface area (Å²) < 4.78 is 136. The van der Waals surface area contributed by atoms with Crippen LogP contribution in [0.25, 0.3) is 0 Å². The van der Waals surface area contributed by atoms with Crippen molar-refractivity contribution in [3.8, 4) is 0 Å². The molecule has 0 amide bonds. The van der Waals surface area contributed by atoms with E-state index >= 15 is 0 Å². The second kappa shape index (κ2) is 38.2. The van der Waals surface area contributed by atoms with Gasteiger partial charge in [0.1, 0.15) is 0 Å². The Kier molecular flexibility index (Phi) is 41.0. The van der Waals surface area contributed by atoms with Crippen molar-refractivity contribution in [2.24, 2.45) is 0 Å². The normalized spacial score (nSPS) is 10.9. The van der Waals surface area contributed by atoms with Gasteiger partial charge < -0.3 is 31.5 Å². The zero-order valence-corrected chi connectivity index (χ0v) is 36.3. The number of pyridine rings is 4. The SMILES string of the molecule is OC(CNCc1ccccn1)CNCc1ccccn1.OC(CNCc1ccccn1)CNCc1ccccn1.[Cu+2].[Cu+2].[O-][Cl+3]([O-])([O-])[O-].[O-][Cl+3]([O-])([O-])[O-].[O-][Cl+3]([O-])([O-])[O-].[O-][Cl+3]([O-])([O-])[O-]. The van der Waals surface area contributed by atoms with Gasteiger partial charge in [0.05, 0.1) is 35.0 Å². The molecule has 26 nitrogen and oxygen atoms in total. The van der Waals surface area contributed by atoms with Gasteiger partial charge in [0, 0.05) is 77.1 Å². The van der Waals surface area contributed by atoms with Gasteiger partial charge in [-0.15, -0.1) is 41.0 Å². The van der Waals surface area contributed by atoms with Crippen LogP contribution in [0, 0.1) is 41.0 Å². The molecule has 0 atom stereocenters. The summed E-state index contributed by atoms with van der Waals surface area (Å²) in [6, 6.07) is 23.2. The van der Waals surface area contributed by atoms with Crippen LogP contribution in [0.3, 0.4) is 0 Å². The van der Waals surface area contributed by atoms with Crippen molar-refractivity contribution >= 4 is 0 Å². The van der Waals surface area contributed by atoms with Crippen LogP contribution in [0.4, 0.5) is 0 Å². The molecule has 4 aromatic heterocycles. The van der Waals surface area contributed by atoms with Crippen molar-refractivity contribution < 1.29 is 160 Å². The van der Waals surface area contributed by atoms with Crippen molar-refractivity contribution in [3.63, 3.8) is 0 Å². The van der Waals surface area contributed by atoms with Crippen LogP contribution < -0.4 is 95.8 Å². The van der Waals surface area contributed by atoms with Crippen LogP contribution in [0.1, 0.15) is 22.8 Å². The Bertz CT molecular complexity index is 1310. The first kappa shape index (κ1) is 66.5. The third-order valence-electron chi connectivity index (χ3n) is 5.65. The summed E-state index contributed by atoms with van der Waals surface area (Å²) in [5.74, 6) is 0. The van der Waals surface area contributed by atoms with E-state index in [-0.39, 0.29) is 34.1 Å². The number of hydrogen-bond acceptors (Lipinski definition) is 26. The maximum atomic E-state index is 9.84. The molecule has 4 rings (SSSR count). The molecule has 32 heteroatoms. The van der Waals surface area contributed by atoms with Crippen LogP contribution in [-0.2, 0) is 60.3 Å². The van der Waals surface area contributed by atoms with Crippen LogP contribution in [-0.4, -0.2) is 68.5 Å². The third kappa shape index (κ3) is 64.5. The molecule has 0 saturated carbocycles. The van der Waals surface area contributed by atoms with Gasteiger partial charge in [0.2, 0.25) is 0 Å². The Balaban J connectivity index is -0.000000371. The van der Waals surface area contributed by atoms with E-state index in [0.29, 0.717) is 52.4 Å². The minimum atomic E-state index is -4.94. The Morgan fingerprint density at radius 1 is 0.355 bits per heavy atom. The Labute approximate surface area is 384 Å². The van der Waals surface area contributed by atoms with Crippen molar-refractivity contribution in [2.75, 3.05) is 26.2 Å². The number of aliphatic hydroxyl groups is 2. The summed E-state index contributed by atoms with van der Waals surface area (Å²) >= 11 is 0. The van der Waals surface area contributed by atoms with Gasteiger partial charge in [-0.05, 0) is 48.5 Å². The minimum Gasteiger partial charge on any atom is -0.390 e. The summed E-state index contributed by atoms with van der Waals surface area (Å²) in [6.45, 7) is 4.79. The molecular weight excluding hydrogens is 1030 g/mol. The largest absolute Gasteiger partial charge is 2.00 e. The molecule has 0 fully saturated rings. The molecule has 4 heterocycles. The van der Waals surface area contributed by atoms with E-state index in [0.717, 1.165) is 22.8 Å². The predicted molar refractivity (Wildman–Crippen MR) is 156 cm³/mol. The molecule has 358 valence electrons. The van der Waals surface area contributed by atoms with E-state index in [1.807, 2.05) is 72.8 Å². The van der Waals surface area contributed by atoms with Gasteiger partial charge >= 0.3 is 34.1 Å². The molecular formula is C30H40Cl4Cu2N8O18. The van der Waals surface area contributed by atoms with E-state index in [4.69, 9.17) is 74.5 Å². The predicted octanol–water partition coefficient (Wildman–Crippen LogP) is -17.6. The van der Waals surface area contributed by atoms with Crippen LogP contribution in [0.15, 0.2) is 97.6 Å². The molecule has 0 unspecified atom stereocenters. The number of rotatable bonds is 16. The molecule has 62 heavy (non-hydrogen) atoms. The average Bonchev–Trinajstić information content (AvgIpc) is 3.11. The van der Waals surface area contributed by atoms with Gasteiger partial charge in [-0.2, -0.15) is 0 Å². The molecule has 0 bridgehead atoms. The maximum absolute atomic E-state index is 9.84. The first-order valence-corrected chi connectivity index (χ1v) is 20.9. The molecule has 0 saturated heterocycles. The van der Waals surface area contributed by atoms with Crippen LogP contribution >= 0.6 is 0 Å². The summed E-state index contributed by atoms with van der Waals surface area (Å²) in [5, 5.41) is 32.4. The fourth-order valence-electron chi connectivity index (χ4n) is 3.62. The number of nitrogens with one attached hydrogen (secondary N) is 4. The summed E-state index contributed by atoms with van der Waals surface area (Å²) in [7, 11) is -19.8. The van der Waals surface area contributed by atoms with Crippen LogP contribution in [0.5, 0.6) is 0 Å². The number of nitrogens with zero attached hydrogens (tertiary/aromatic N) is 4. The number of aliphatic hydroxyl groups excluding tert-OH is 2. The van der Waals surface area contributed by atoms with Crippen molar-refractivity contribution in [1.29, 1.82) is 0 Å². The molecule has 6 N–H and O–H groups in total. The Morgan fingerprint density at radius 3 is 0.645 bits per heavy atom. The first-order chi connectivity index (χ1) is 27.7. The zero-order chi connectivity index (χ0) is 46.1. The number of halogens is 4. The number of aromatic nitrogens is 4. The molecule has 2 radical (unpaired) electrons. The fourth-order valence-corrected chi connectivity index (χ4v) is 3.62. The average molecular weight is 1070 g/mol. The molecule has 0 aliphatic rings. The molecule has 0 aliphatic heterocycles. The molecule has 0 aliphatic carbocycles. The fraction of sp³-hybridized carbons (Fsp3) is 0.333. The van der Waals surface area contributed by atoms with E-state index in [9.17, 15) is 10.2 Å². The molecule has 4 aromatic rings. The summed E-state index contributed by atoms with van der Waals surface area (Å²) in [4.78, 5) is 16.8. The summed E-state index contributed by atoms with van der Waals surface area (Å²) in [6.07, 6.45) is 6.21. The van der Waals surface area contributed by atoms with Crippen molar-refractivity contribution in [3.05, 3.63) is 120 Å². The van der Waals surface area contributed by atoms with E-state index < -0.39 is 53.2 Å². The minimum absolute atomic E-state index is 0. The van der Waals surface area contributed by atoms with E-state index in [1.54, 1.807) is 24.8 Å². The van der Waals surface area contributed by atoms with Crippen molar-refractivity contribution in [1.82, 2.24) is 41.2 Å². The number of hydrogen-bond donors (Lipinski definition) is 6. The van der Waals surface area contributed by atoms with Crippen molar-refractivity contribution in [2.45, 2.75) is 38.4 Å². The third-order valence-corrected chi connectivity index (χ3v) is 5.65. The van der Waals surface area contributed by atoms with E-state index in [1.165, 1.54) is 0 Å². The quantitative estimate of drug-likeness (QED) is 0.0567. The topological polar surface area (TPSA) is 509 Å². The second-order valence-electron chi connectivity index (χ2n) is 10.6. The first-order valence-electron chi connectivity index (χ1n) is 15.9. The van der Waals surface area contributed by atoms with Gasteiger partial charge in [-0.3, -0.25) is 19.9 Å². The maximum Gasteiger partial charge on any atom is 2.00 e. The van der Waals surface area contributed by atoms with Gasteiger partial charge in [0.25, 0.3) is 0 Å².